The predicted octanol–water partition coefficient (Wildman–Crippen LogP) is 3.28. The fraction of sp³-hybridized carbons (Fsp3) is 0.353. The molecule has 1 unspecified atom stereocenters. The largest absolute Gasteiger partial charge is 0.324 e. The van der Waals surface area contributed by atoms with Crippen LogP contribution in [0.2, 0.25) is 0 Å². The number of anilines is 1. The number of amides is 2. The Kier molecular flexibility index (Phi) is 4.17. The molecule has 1 aliphatic heterocycles. The maximum Gasteiger partial charge on any atom is 0.321 e. The number of hydrogen-bond donors (Lipinski definition) is 1. The molecule has 1 fully saturated rings. The molecule has 0 saturated carbocycles. The average Bonchev–Trinajstić information content (AvgIpc) is 3.26. The van der Waals surface area contributed by atoms with Gasteiger partial charge in [-0.05, 0) is 30.9 Å². The molecular weight excluding hydrogens is 322 g/mol. The normalized spacial score (nSPS) is 18.0. The quantitative estimate of drug-likeness (QED) is 0.795. The minimum atomic E-state index is -0.0293. The molecule has 1 N–H and O–H groups in total. The summed E-state index contributed by atoms with van der Waals surface area (Å²) in [7, 11) is 0. The molecule has 3 aromatic rings. The molecule has 4 rings (SSSR count). The molecule has 0 radical (unpaired) electrons. The summed E-state index contributed by atoms with van der Waals surface area (Å²) in [4.78, 5) is 23.1. The maximum atomic E-state index is 12.6. The summed E-state index contributed by atoms with van der Waals surface area (Å²) < 4.78 is 1.90. The Hall–Kier alpha value is -2.41. The fourth-order valence-corrected chi connectivity index (χ4v) is 3.95. The van der Waals surface area contributed by atoms with E-state index in [1.54, 1.807) is 17.5 Å². The summed E-state index contributed by atoms with van der Waals surface area (Å²) in [6, 6.07) is 3.76. The van der Waals surface area contributed by atoms with Gasteiger partial charge in [0.15, 0.2) is 0 Å². The van der Waals surface area contributed by atoms with Crippen LogP contribution < -0.4 is 5.32 Å². The van der Waals surface area contributed by atoms with E-state index in [1.807, 2.05) is 45.4 Å². The molecule has 7 heteroatoms. The van der Waals surface area contributed by atoms with Crippen LogP contribution >= 0.6 is 11.3 Å². The second kappa shape index (κ2) is 6.60. The zero-order valence-electron chi connectivity index (χ0n) is 13.3. The van der Waals surface area contributed by atoms with Crippen LogP contribution in [0, 0.1) is 5.92 Å². The van der Waals surface area contributed by atoms with E-state index in [4.69, 9.17) is 0 Å². The van der Waals surface area contributed by atoms with E-state index in [0.717, 1.165) is 48.7 Å². The zero-order chi connectivity index (χ0) is 16.4. The zero-order valence-corrected chi connectivity index (χ0v) is 14.1. The highest BCUT2D eigenvalue weighted by Crippen LogP contribution is 2.22. The van der Waals surface area contributed by atoms with Crippen molar-refractivity contribution in [2.45, 2.75) is 19.3 Å². The number of nitrogens with zero attached hydrogens (tertiary/aromatic N) is 4. The molecule has 0 aromatic carbocycles. The van der Waals surface area contributed by atoms with Crippen LogP contribution in [0.4, 0.5) is 10.5 Å². The lowest BCUT2D eigenvalue weighted by molar-refractivity contribution is 0.177. The molecule has 0 bridgehead atoms. The van der Waals surface area contributed by atoms with Crippen molar-refractivity contribution in [3.63, 3.8) is 0 Å². The number of nitrogens with one attached hydrogen (secondary N) is 1. The van der Waals surface area contributed by atoms with Crippen LogP contribution in [0.3, 0.4) is 0 Å². The van der Waals surface area contributed by atoms with Crippen LogP contribution in [0.1, 0.15) is 17.8 Å². The molecule has 0 spiro atoms. The number of fused-ring (bicyclic) bond motifs is 1. The topological polar surface area (TPSA) is 62.5 Å². The summed E-state index contributed by atoms with van der Waals surface area (Å²) in [6.45, 7) is 1.60. The van der Waals surface area contributed by atoms with Crippen molar-refractivity contribution in [3.05, 3.63) is 47.3 Å². The first-order valence-corrected chi connectivity index (χ1v) is 9.03. The minimum Gasteiger partial charge on any atom is -0.324 e. The van der Waals surface area contributed by atoms with Crippen molar-refractivity contribution in [1.29, 1.82) is 0 Å². The summed E-state index contributed by atoms with van der Waals surface area (Å²) >= 11 is 1.69. The minimum absolute atomic E-state index is 0.0293. The number of thiazole rings is 1. The van der Waals surface area contributed by atoms with Gasteiger partial charge in [-0.1, -0.05) is 0 Å². The Morgan fingerprint density at radius 3 is 3.17 bits per heavy atom. The number of piperidine rings is 1. The van der Waals surface area contributed by atoms with Crippen molar-refractivity contribution in [2.24, 2.45) is 5.92 Å². The maximum absolute atomic E-state index is 12.6. The highest BCUT2D eigenvalue weighted by atomic mass is 32.1. The number of hydrogen-bond acceptors (Lipinski definition) is 4. The highest BCUT2D eigenvalue weighted by Gasteiger charge is 2.24. The first-order chi connectivity index (χ1) is 11.8. The Morgan fingerprint density at radius 2 is 2.29 bits per heavy atom. The number of likely N-dealkylation sites (tertiary alicyclic amines) is 1. The Labute approximate surface area is 144 Å². The molecule has 2 amide bonds. The second-order valence-electron chi connectivity index (χ2n) is 6.12. The number of urea groups is 1. The van der Waals surface area contributed by atoms with Gasteiger partial charge in [0.1, 0.15) is 5.65 Å². The first-order valence-electron chi connectivity index (χ1n) is 8.15. The van der Waals surface area contributed by atoms with Crippen LogP contribution in [0.25, 0.3) is 5.65 Å². The molecule has 3 aromatic heterocycles. The monoisotopic (exact) mass is 341 g/mol. The SMILES string of the molecule is O=C(Nc1ccc2nccn2c1)N1CCCC(Cc2nccs2)C1. The van der Waals surface area contributed by atoms with Gasteiger partial charge in [0.25, 0.3) is 0 Å². The molecule has 0 aliphatic carbocycles. The fourth-order valence-electron chi connectivity index (χ4n) is 3.21. The Balaban J connectivity index is 1.39. The molecule has 6 nitrogen and oxygen atoms in total. The molecule has 4 heterocycles. The smallest absolute Gasteiger partial charge is 0.321 e. The Bertz CT molecular complexity index is 829. The van der Waals surface area contributed by atoms with E-state index < -0.39 is 0 Å². The van der Waals surface area contributed by atoms with Gasteiger partial charge in [0.05, 0.1) is 10.7 Å². The number of carbonyl (C=O) groups is 1. The summed E-state index contributed by atoms with van der Waals surface area (Å²) in [5.41, 5.74) is 1.65. The van der Waals surface area contributed by atoms with Crippen LogP contribution in [0.5, 0.6) is 0 Å². The van der Waals surface area contributed by atoms with Gasteiger partial charge >= 0.3 is 6.03 Å². The number of imidazole rings is 1. The van der Waals surface area contributed by atoms with Gasteiger partial charge in [-0.15, -0.1) is 11.3 Å². The Morgan fingerprint density at radius 1 is 1.33 bits per heavy atom. The molecular formula is C17H19N5OS. The van der Waals surface area contributed by atoms with Crippen molar-refractivity contribution < 1.29 is 4.79 Å². The third-order valence-electron chi connectivity index (χ3n) is 4.39. The lowest BCUT2D eigenvalue weighted by Crippen LogP contribution is -2.42. The van der Waals surface area contributed by atoms with Gasteiger partial charge in [-0.25, -0.2) is 14.8 Å². The number of aromatic nitrogens is 3. The summed E-state index contributed by atoms with van der Waals surface area (Å²) in [5, 5.41) is 6.17. The van der Waals surface area contributed by atoms with Crippen LogP contribution in [-0.2, 0) is 6.42 Å². The molecule has 124 valence electrons. The van der Waals surface area contributed by atoms with E-state index in [-0.39, 0.29) is 6.03 Å². The first kappa shape index (κ1) is 15.1. The van der Waals surface area contributed by atoms with Crippen LogP contribution in [-0.4, -0.2) is 38.4 Å². The predicted molar refractivity (Wildman–Crippen MR) is 94.3 cm³/mol. The number of rotatable bonds is 3. The molecule has 1 saturated heterocycles. The van der Waals surface area contributed by atoms with Crippen LogP contribution in [0.15, 0.2) is 42.3 Å². The molecule has 1 atom stereocenters. The van der Waals surface area contributed by atoms with Crippen molar-refractivity contribution in [1.82, 2.24) is 19.3 Å². The third kappa shape index (κ3) is 3.26. The second-order valence-corrected chi connectivity index (χ2v) is 7.10. The van der Waals surface area contributed by atoms with Crippen molar-refractivity contribution in [2.75, 3.05) is 18.4 Å². The van der Waals surface area contributed by atoms with E-state index in [0.29, 0.717) is 5.92 Å². The van der Waals surface area contributed by atoms with Gasteiger partial charge in [0, 0.05) is 49.7 Å². The van der Waals surface area contributed by atoms with E-state index >= 15 is 0 Å². The van der Waals surface area contributed by atoms with Gasteiger partial charge in [-0.2, -0.15) is 0 Å². The lowest BCUT2D eigenvalue weighted by Gasteiger charge is -2.32. The van der Waals surface area contributed by atoms with Gasteiger partial charge < -0.3 is 14.6 Å². The van der Waals surface area contributed by atoms with Crippen molar-refractivity contribution >= 4 is 28.7 Å². The number of pyridine rings is 1. The number of carbonyl (C=O) groups excluding carboxylic acids is 1. The molecule has 24 heavy (non-hydrogen) atoms. The standard InChI is InChI=1S/C17H19N5OS/c23-17(20-14-3-4-15-18-5-8-21(15)12-14)22-7-1-2-13(11-22)10-16-19-6-9-24-16/h3-6,8-9,12-13H,1-2,7,10-11H2,(H,20,23). The summed E-state index contributed by atoms with van der Waals surface area (Å²) in [5.74, 6) is 0.492. The van der Waals surface area contributed by atoms with Gasteiger partial charge in [0.2, 0.25) is 0 Å². The highest BCUT2D eigenvalue weighted by molar-refractivity contribution is 7.09. The summed E-state index contributed by atoms with van der Waals surface area (Å²) in [6.07, 6.45) is 10.5. The van der Waals surface area contributed by atoms with E-state index in [9.17, 15) is 4.79 Å². The van der Waals surface area contributed by atoms with Crippen molar-refractivity contribution in [3.8, 4) is 0 Å². The van der Waals surface area contributed by atoms with Gasteiger partial charge in [-0.3, -0.25) is 0 Å². The third-order valence-corrected chi connectivity index (χ3v) is 5.19. The molecule has 1 aliphatic rings. The van der Waals surface area contributed by atoms with E-state index in [2.05, 4.69) is 15.3 Å². The van der Waals surface area contributed by atoms with E-state index in [1.165, 1.54) is 0 Å². The lowest BCUT2D eigenvalue weighted by atomic mass is 9.95. The average molecular weight is 341 g/mol.